The van der Waals surface area contributed by atoms with Gasteiger partial charge in [0.05, 0.1) is 11.9 Å². The number of aromatic nitrogens is 4. The maximum Gasteiger partial charge on any atom is 0.276 e. The highest BCUT2D eigenvalue weighted by atomic mass is 16.2. The quantitative estimate of drug-likeness (QED) is 0.646. The van der Waals surface area contributed by atoms with Crippen LogP contribution in [-0.4, -0.2) is 61.9 Å². The molecule has 1 aromatic carbocycles. The first kappa shape index (κ1) is 19.3. The van der Waals surface area contributed by atoms with Crippen molar-refractivity contribution in [3.05, 3.63) is 77.9 Å². The van der Waals surface area contributed by atoms with Crippen LogP contribution in [0.15, 0.2) is 60.9 Å². The molecule has 150 valence electrons. The molecule has 1 fully saturated rings. The Morgan fingerprint density at radius 1 is 0.966 bits per heavy atom. The van der Waals surface area contributed by atoms with Gasteiger partial charge in [-0.15, -0.1) is 5.10 Å². The highest BCUT2D eigenvalue weighted by Gasteiger charge is 2.22. The minimum absolute atomic E-state index is 0.0318. The summed E-state index contributed by atoms with van der Waals surface area (Å²) in [5, 5.41) is 8.26. The number of rotatable bonds is 6. The monoisotopic (exact) mass is 390 g/mol. The van der Waals surface area contributed by atoms with Crippen LogP contribution >= 0.6 is 0 Å². The van der Waals surface area contributed by atoms with Gasteiger partial charge in [-0.25, -0.2) is 0 Å². The van der Waals surface area contributed by atoms with E-state index in [9.17, 15) is 4.79 Å². The van der Waals surface area contributed by atoms with Crippen molar-refractivity contribution in [1.29, 1.82) is 0 Å². The van der Waals surface area contributed by atoms with Crippen LogP contribution in [0.2, 0.25) is 0 Å². The van der Waals surface area contributed by atoms with Crippen molar-refractivity contribution in [3.63, 3.8) is 0 Å². The third-order valence-corrected chi connectivity index (χ3v) is 5.22. The van der Waals surface area contributed by atoms with E-state index >= 15 is 0 Å². The molecule has 7 heteroatoms. The van der Waals surface area contributed by atoms with E-state index < -0.39 is 0 Å². The Morgan fingerprint density at radius 3 is 2.66 bits per heavy atom. The van der Waals surface area contributed by atoms with Crippen molar-refractivity contribution in [1.82, 2.24) is 29.8 Å². The van der Waals surface area contributed by atoms with Crippen molar-refractivity contribution >= 4 is 5.91 Å². The highest BCUT2D eigenvalue weighted by Crippen LogP contribution is 2.10. The number of hydrogen-bond acceptors (Lipinski definition) is 5. The molecule has 0 unspecified atom stereocenters. The first-order valence-corrected chi connectivity index (χ1v) is 10.1. The zero-order valence-electron chi connectivity index (χ0n) is 16.5. The fourth-order valence-corrected chi connectivity index (χ4v) is 3.61. The average Bonchev–Trinajstić information content (AvgIpc) is 3.12. The summed E-state index contributed by atoms with van der Waals surface area (Å²) < 4.78 is 1.76. The summed E-state index contributed by atoms with van der Waals surface area (Å²) in [6.45, 7) is 4.77. The molecule has 7 nitrogen and oxygen atoms in total. The number of amides is 1. The second-order valence-electron chi connectivity index (χ2n) is 7.35. The van der Waals surface area contributed by atoms with Crippen LogP contribution in [0.5, 0.6) is 0 Å². The molecule has 0 radical (unpaired) electrons. The number of carbonyl (C=O) groups is 1. The van der Waals surface area contributed by atoms with Crippen molar-refractivity contribution in [2.75, 3.05) is 26.2 Å². The Balaban J connectivity index is 1.31. The summed E-state index contributed by atoms with van der Waals surface area (Å²) in [7, 11) is 0. The summed E-state index contributed by atoms with van der Waals surface area (Å²) in [4.78, 5) is 21.5. The molecular weight excluding hydrogens is 364 g/mol. The molecular formula is C22H26N6O. The fraction of sp³-hybridized carbons (Fsp3) is 0.364. The van der Waals surface area contributed by atoms with Crippen molar-refractivity contribution in [2.45, 2.75) is 25.9 Å². The molecule has 4 rings (SSSR count). The molecule has 1 saturated heterocycles. The summed E-state index contributed by atoms with van der Waals surface area (Å²) >= 11 is 0. The first-order valence-electron chi connectivity index (χ1n) is 10.1. The predicted molar refractivity (Wildman–Crippen MR) is 110 cm³/mol. The third kappa shape index (κ3) is 5.26. The second-order valence-corrected chi connectivity index (χ2v) is 7.35. The highest BCUT2D eigenvalue weighted by molar-refractivity contribution is 5.91. The van der Waals surface area contributed by atoms with Crippen LogP contribution in [0.4, 0.5) is 0 Å². The maximum absolute atomic E-state index is 12.9. The van der Waals surface area contributed by atoms with Gasteiger partial charge in [-0.05, 0) is 30.5 Å². The van der Waals surface area contributed by atoms with Crippen LogP contribution in [0.1, 0.15) is 28.2 Å². The molecule has 1 aliphatic rings. The van der Waals surface area contributed by atoms with Gasteiger partial charge in [-0.2, -0.15) is 0 Å². The van der Waals surface area contributed by atoms with Gasteiger partial charge in [-0.1, -0.05) is 41.6 Å². The maximum atomic E-state index is 12.9. The van der Waals surface area contributed by atoms with Crippen molar-refractivity contribution < 1.29 is 4.79 Å². The van der Waals surface area contributed by atoms with Gasteiger partial charge in [0.2, 0.25) is 0 Å². The Hall–Kier alpha value is -3.06. The summed E-state index contributed by atoms with van der Waals surface area (Å²) in [6, 6.07) is 16.2. The van der Waals surface area contributed by atoms with Gasteiger partial charge in [-0.3, -0.25) is 19.4 Å². The molecule has 0 atom stereocenters. The lowest BCUT2D eigenvalue weighted by molar-refractivity contribution is 0.0755. The van der Waals surface area contributed by atoms with E-state index in [1.54, 1.807) is 10.9 Å². The topological polar surface area (TPSA) is 67.2 Å². The minimum Gasteiger partial charge on any atom is -0.336 e. The number of nitrogens with zero attached hydrogens (tertiary/aromatic N) is 6. The van der Waals surface area contributed by atoms with E-state index in [1.807, 2.05) is 47.5 Å². The number of hydrogen-bond donors (Lipinski definition) is 0. The van der Waals surface area contributed by atoms with Crippen molar-refractivity contribution in [2.24, 2.45) is 0 Å². The van der Waals surface area contributed by atoms with Gasteiger partial charge in [0, 0.05) is 45.5 Å². The number of carbonyl (C=O) groups excluding carboxylic acids is 1. The lowest BCUT2D eigenvalue weighted by Crippen LogP contribution is -2.35. The molecule has 1 amide bonds. The molecule has 0 N–H and O–H groups in total. The van der Waals surface area contributed by atoms with Crippen LogP contribution in [0.25, 0.3) is 0 Å². The summed E-state index contributed by atoms with van der Waals surface area (Å²) in [5.74, 6) is -0.0318. The fourth-order valence-electron chi connectivity index (χ4n) is 3.61. The van der Waals surface area contributed by atoms with Crippen molar-refractivity contribution in [3.8, 4) is 0 Å². The average molecular weight is 390 g/mol. The molecule has 3 aromatic rings. The van der Waals surface area contributed by atoms with Gasteiger partial charge in [0.25, 0.3) is 5.91 Å². The van der Waals surface area contributed by atoms with E-state index in [0.717, 1.165) is 44.7 Å². The number of aryl methyl sites for hydroxylation is 2. The third-order valence-electron chi connectivity index (χ3n) is 5.22. The molecule has 0 spiro atoms. The second kappa shape index (κ2) is 9.43. The van der Waals surface area contributed by atoms with Gasteiger partial charge in [0.1, 0.15) is 0 Å². The molecule has 1 aliphatic heterocycles. The largest absolute Gasteiger partial charge is 0.336 e. The molecule has 0 saturated carbocycles. The van der Waals surface area contributed by atoms with Crippen LogP contribution < -0.4 is 0 Å². The van der Waals surface area contributed by atoms with E-state index in [1.165, 1.54) is 5.56 Å². The van der Waals surface area contributed by atoms with Crippen LogP contribution in [0, 0.1) is 0 Å². The van der Waals surface area contributed by atoms with E-state index in [2.05, 4.69) is 32.3 Å². The summed E-state index contributed by atoms with van der Waals surface area (Å²) in [6.07, 6.45) is 5.40. The van der Waals surface area contributed by atoms with Gasteiger partial charge in [0.15, 0.2) is 5.69 Å². The lowest BCUT2D eigenvalue weighted by atomic mass is 10.1. The standard InChI is InChI=1S/C22H26N6O/c29-22(21-18-28(25-24-21)14-10-19-7-2-1-3-8-19)27-13-6-12-26(15-16-27)17-20-9-4-5-11-23-20/h1-5,7-9,11,18H,6,10,12-17H2. The molecule has 3 heterocycles. The van der Waals surface area contributed by atoms with Crippen LogP contribution in [0.3, 0.4) is 0 Å². The number of benzene rings is 1. The van der Waals surface area contributed by atoms with Gasteiger partial charge >= 0.3 is 0 Å². The first-order chi connectivity index (χ1) is 14.3. The Morgan fingerprint density at radius 2 is 1.83 bits per heavy atom. The van der Waals surface area contributed by atoms with Crippen LogP contribution in [-0.2, 0) is 19.5 Å². The zero-order chi connectivity index (χ0) is 19.9. The smallest absolute Gasteiger partial charge is 0.276 e. The molecule has 0 bridgehead atoms. The van der Waals surface area contributed by atoms with E-state index in [-0.39, 0.29) is 5.91 Å². The van der Waals surface area contributed by atoms with E-state index in [0.29, 0.717) is 18.8 Å². The molecule has 2 aromatic heterocycles. The lowest BCUT2D eigenvalue weighted by Gasteiger charge is -2.21. The predicted octanol–water partition coefficient (Wildman–Crippen LogP) is 2.26. The minimum atomic E-state index is -0.0318. The number of pyridine rings is 1. The SMILES string of the molecule is O=C(c1cn(CCc2ccccc2)nn1)N1CCCN(Cc2ccccn2)CC1. The molecule has 29 heavy (non-hydrogen) atoms. The Kier molecular flexibility index (Phi) is 6.26. The van der Waals surface area contributed by atoms with E-state index in [4.69, 9.17) is 0 Å². The normalized spacial score (nSPS) is 15.2. The zero-order valence-corrected chi connectivity index (χ0v) is 16.5. The Bertz CT molecular complexity index is 911. The molecule has 0 aliphatic carbocycles. The summed E-state index contributed by atoms with van der Waals surface area (Å²) in [5.41, 5.74) is 2.74. The Labute approximate surface area is 171 Å². The van der Waals surface area contributed by atoms with Gasteiger partial charge < -0.3 is 4.90 Å².